The predicted molar refractivity (Wildman–Crippen MR) is 123 cm³/mol. The molecule has 0 aliphatic heterocycles. The summed E-state index contributed by atoms with van der Waals surface area (Å²) in [7, 11) is 3.50. The van der Waals surface area contributed by atoms with E-state index < -0.39 is 0 Å². The Hall–Kier alpha value is -2.71. The quantitative estimate of drug-likeness (QED) is 0.354. The van der Waals surface area contributed by atoms with Crippen LogP contribution in [0.1, 0.15) is 17.8 Å². The smallest absolute Gasteiger partial charge is 0.234 e. The maximum atomic E-state index is 12.2. The first-order valence-electron chi connectivity index (χ1n) is 9.80. The molecule has 31 heavy (non-hydrogen) atoms. The number of thioether (sulfide) groups is 1. The Morgan fingerprint density at radius 3 is 2.84 bits per heavy atom. The van der Waals surface area contributed by atoms with Crippen LogP contribution in [-0.4, -0.2) is 40.1 Å². The van der Waals surface area contributed by atoms with E-state index in [1.807, 2.05) is 54.9 Å². The third-order valence-corrected chi connectivity index (χ3v) is 5.81. The Balaban J connectivity index is 1.44. The number of hydrogen-bond acceptors (Lipinski definition) is 6. The van der Waals surface area contributed by atoms with E-state index in [0.29, 0.717) is 28.2 Å². The van der Waals surface area contributed by atoms with E-state index in [1.54, 1.807) is 13.2 Å². The third-order valence-electron chi connectivity index (χ3n) is 4.55. The Bertz CT molecular complexity index is 1040. The number of carbonyl (C=O) groups excluding carboxylic acids is 1. The lowest BCUT2D eigenvalue weighted by Gasteiger charge is -2.09. The van der Waals surface area contributed by atoms with E-state index in [0.717, 1.165) is 30.0 Å². The molecule has 1 heterocycles. The molecule has 1 N–H and O–H groups in total. The molecular formula is C22H25ClN4O3S. The SMILES string of the molecule is COc1cccc(NC(=O)CSc2nnc(CCCOc3ccc(Cl)cc3C)n2C)c1. The second-order valence-electron chi connectivity index (χ2n) is 6.89. The maximum absolute atomic E-state index is 12.2. The van der Waals surface area contributed by atoms with Crippen LogP contribution in [0.2, 0.25) is 5.02 Å². The lowest BCUT2D eigenvalue weighted by atomic mass is 10.2. The van der Waals surface area contributed by atoms with Crippen molar-refractivity contribution >= 4 is 35.0 Å². The van der Waals surface area contributed by atoms with Gasteiger partial charge in [0.15, 0.2) is 5.16 Å². The molecule has 0 aliphatic carbocycles. The van der Waals surface area contributed by atoms with Crippen LogP contribution in [0.3, 0.4) is 0 Å². The number of aromatic nitrogens is 3. The number of benzene rings is 2. The highest BCUT2D eigenvalue weighted by atomic mass is 35.5. The molecule has 3 aromatic rings. The van der Waals surface area contributed by atoms with Gasteiger partial charge in [-0.3, -0.25) is 4.79 Å². The second-order valence-corrected chi connectivity index (χ2v) is 8.27. The van der Waals surface area contributed by atoms with Crippen molar-refractivity contribution < 1.29 is 14.3 Å². The maximum Gasteiger partial charge on any atom is 0.234 e. The third kappa shape index (κ3) is 6.63. The van der Waals surface area contributed by atoms with Gasteiger partial charge in [-0.05, 0) is 49.2 Å². The number of halogens is 1. The molecule has 0 unspecified atom stereocenters. The second kappa shape index (κ2) is 11.1. The minimum Gasteiger partial charge on any atom is -0.497 e. The van der Waals surface area contributed by atoms with Crippen molar-refractivity contribution in [1.29, 1.82) is 0 Å². The molecule has 0 saturated heterocycles. The Kier molecular flexibility index (Phi) is 8.20. The average Bonchev–Trinajstić information content (AvgIpc) is 3.10. The number of hydrogen-bond donors (Lipinski definition) is 1. The molecule has 0 fully saturated rings. The van der Waals surface area contributed by atoms with Crippen molar-refractivity contribution in [3.05, 3.63) is 58.9 Å². The van der Waals surface area contributed by atoms with Gasteiger partial charge in [0.05, 0.1) is 19.5 Å². The van der Waals surface area contributed by atoms with Crippen LogP contribution < -0.4 is 14.8 Å². The van der Waals surface area contributed by atoms with E-state index in [-0.39, 0.29) is 11.7 Å². The van der Waals surface area contributed by atoms with Gasteiger partial charge in [-0.15, -0.1) is 10.2 Å². The summed E-state index contributed by atoms with van der Waals surface area (Å²) in [6.07, 6.45) is 1.53. The molecule has 0 atom stereocenters. The molecule has 7 nitrogen and oxygen atoms in total. The summed E-state index contributed by atoms with van der Waals surface area (Å²) in [4.78, 5) is 12.2. The average molecular weight is 461 g/mol. The number of amides is 1. The molecule has 1 amide bonds. The minimum absolute atomic E-state index is 0.116. The van der Waals surface area contributed by atoms with E-state index >= 15 is 0 Å². The first-order valence-corrected chi connectivity index (χ1v) is 11.2. The predicted octanol–water partition coefficient (Wildman–Crippen LogP) is 4.53. The summed E-state index contributed by atoms with van der Waals surface area (Å²) in [6.45, 7) is 2.54. The van der Waals surface area contributed by atoms with Crippen LogP contribution in [0.25, 0.3) is 0 Å². The summed E-state index contributed by atoms with van der Waals surface area (Å²) >= 11 is 7.32. The Morgan fingerprint density at radius 1 is 1.23 bits per heavy atom. The van der Waals surface area contributed by atoms with Gasteiger partial charge in [-0.1, -0.05) is 29.4 Å². The summed E-state index contributed by atoms with van der Waals surface area (Å²) in [5.74, 6) is 2.50. The molecule has 3 rings (SSSR count). The highest BCUT2D eigenvalue weighted by Crippen LogP contribution is 2.22. The van der Waals surface area contributed by atoms with Gasteiger partial charge in [-0.2, -0.15) is 0 Å². The molecule has 2 aromatic carbocycles. The van der Waals surface area contributed by atoms with E-state index in [4.69, 9.17) is 21.1 Å². The summed E-state index contributed by atoms with van der Waals surface area (Å²) in [5, 5.41) is 12.7. The zero-order valence-corrected chi connectivity index (χ0v) is 19.3. The standard InChI is InChI=1S/C22H25ClN4O3S/c1-15-12-16(23)9-10-19(15)30-11-5-8-20-25-26-22(27(20)2)31-14-21(28)24-17-6-4-7-18(13-17)29-3/h4,6-7,9-10,12-13H,5,8,11,14H2,1-3H3,(H,24,28). The van der Waals surface area contributed by atoms with Crippen molar-refractivity contribution in [2.75, 3.05) is 24.8 Å². The van der Waals surface area contributed by atoms with Crippen molar-refractivity contribution in [2.45, 2.75) is 24.9 Å². The van der Waals surface area contributed by atoms with Crippen molar-refractivity contribution in [1.82, 2.24) is 14.8 Å². The fourth-order valence-corrected chi connectivity index (χ4v) is 3.86. The van der Waals surface area contributed by atoms with E-state index in [9.17, 15) is 4.79 Å². The molecule has 1 aromatic heterocycles. The van der Waals surface area contributed by atoms with Crippen LogP contribution >= 0.6 is 23.4 Å². The van der Waals surface area contributed by atoms with Crippen LogP contribution in [0.4, 0.5) is 5.69 Å². The summed E-state index contributed by atoms with van der Waals surface area (Å²) in [5.41, 5.74) is 1.71. The normalized spacial score (nSPS) is 10.7. The topological polar surface area (TPSA) is 78.3 Å². The van der Waals surface area contributed by atoms with E-state index in [2.05, 4.69) is 15.5 Å². The number of rotatable bonds is 10. The number of ether oxygens (including phenoxy) is 2. The molecule has 0 aliphatic rings. The molecule has 9 heteroatoms. The highest BCUT2D eigenvalue weighted by molar-refractivity contribution is 7.99. The fourth-order valence-electron chi connectivity index (χ4n) is 2.90. The van der Waals surface area contributed by atoms with Gasteiger partial charge < -0.3 is 19.4 Å². The number of aryl methyl sites for hydroxylation is 2. The molecule has 0 bridgehead atoms. The van der Waals surface area contributed by atoms with Gasteiger partial charge in [0, 0.05) is 30.2 Å². The van der Waals surface area contributed by atoms with Gasteiger partial charge in [0.1, 0.15) is 17.3 Å². The zero-order valence-electron chi connectivity index (χ0n) is 17.7. The fraction of sp³-hybridized carbons (Fsp3) is 0.318. The van der Waals surface area contributed by atoms with E-state index in [1.165, 1.54) is 11.8 Å². The molecule has 0 saturated carbocycles. The monoisotopic (exact) mass is 460 g/mol. The van der Waals surface area contributed by atoms with Crippen molar-refractivity contribution in [2.24, 2.45) is 7.05 Å². The van der Waals surface area contributed by atoms with Crippen molar-refractivity contribution in [3.63, 3.8) is 0 Å². The van der Waals surface area contributed by atoms with Crippen LogP contribution in [-0.2, 0) is 18.3 Å². The van der Waals surface area contributed by atoms with Crippen LogP contribution in [0.15, 0.2) is 47.6 Å². The number of nitrogens with one attached hydrogen (secondary N) is 1. The van der Waals surface area contributed by atoms with Crippen LogP contribution in [0, 0.1) is 6.92 Å². The first-order chi connectivity index (χ1) is 15.0. The van der Waals surface area contributed by atoms with Gasteiger partial charge in [0.25, 0.3) is 0 Å². The van der Waals surface area contributed by atoms with Gasteiger partial charge in [0.2, 0.25) is 5.91 Å². The largest absolute Gasteiger partial charge is 0.497 e. The van der Waals surface area contributed by atoms with Crippen LogP contribution in [0.5, 0.6) is 11.5 Å². The minimum atomic E-state index is -0.116. The molecule has 0 spiro atoms. The highest BCUT2D eigenvalue weighted by Gasteiger charge is 2.12. The summed E-state index contributed by atoms with van der Waals surface area (Å²) in [6, 6.07) is 12.8. The van der Waals surface area contributed by atoms with Gasteiger partial charge in [-0.25, -0.2) is 0 Å². The molecule has 164 valence electrons. The number of anilines is 1. The number of carbonyl (C=O) groups is 1. The Morgan fingerprint density at radius 2 is 2.06 bits per heavy atom. The first kappa shape index (κ1) is 23.0. The zero-order chi connectivity index (χ0) is 22.2. The molecule has 0 radical (unpaired) electrons. The Labute approximate surface area is 191 Å². The number of methoxy groups -OCH3 is 1. The number of nitrogens with zero attached hydrogens (tertiary/aromatic N) is 3. The summed E-state index contributed by atoms with van der Waals surface area (Å²) < 4.78 is 12.9. The van der Waals surface area contributed by atoms with Gasteiger partial charge >= 0.3 is 0 Å². The van der Waals surface area contributed by atoms with Crippen molar-refractivity contribution in [3.8, 4) is 11.5 Å². The lowest BCUT2D eigenvalue weighted by Crippen LogP contribution is -2.14. The molecular weight excluding hydrogens is 436 g/mol. The lowest BCUT2D eigenvalue weighted by molar-refractivity contribution is -0.113.